The first-order valence-corrected chi connectivity index (χ1v) is 28.6. The van der Waals surface area contributed by atoms with Gasteiger partial charge in [0.25, 0.3) is 63.3 Å². The first-order valence-electron chi connectivity index (χ1n) is 27.1. The third-order valence-electron chi connectivity index (χ3n) is 12.7. The third kappa shape index (κ3) is 23.7. The van der Waals surface area contributed by atoms with Gasteiger partial charge in [-0.15, -0.1) is 10.1 Å². The van der Waals surface area contributed by atoms with Crippen molar-refractivity contribution in [2.24, 2.45) is 0 Å². The van der Waals surface area contributed by atoms with Gasteiger partial charge in [0.15, 0.2) is 23.1 Å². The van der Waals surface area contributed by atoms with Gasteiger partial charge >= 0.3 is 17.9 Å². The minimum atomic E-state index is -4.80. The maximum absolute atomic E-state index is 11.9. The summed E-state index contributed by atoms with van der Waals surface area (Å²) in [5.41, 5.74) is 0.404. The molecule has 88 heavy (non-hydrogen) atoms. The monoisotopic (exact) mass is 1260 g/mol. The topological polar surface area (TPSA) is 468 Å². The Morgan fingerprint density at radius 3 is 1.51 bits per heavy atom. The third-order valence-corrected chi connectivity index (χ3v) is 13.8. The van der Waals surface area contributed by atoms with E-state index in [1.165, 1.54) is 0 Å². The summed E-state index contributed by atoms with van der Waals surface area (Å²) in [6, 6.07) is 0. The Bertz CT molecular complexity index is 2990. The molecular formula is C53H62N8O26S. The summed E-state index contributed by atoms with van der Waals surface area (Å²) in [4.78, 5) is 232. The summed E-state index contributed by atoms with van der Waals surface area (Å²) in [5, 5.41) is 6.88. The summed E-state index contributed by atoms with van der Waals surface area (Å²) >= 11 is 0. The predicted octanol–water partition coefficient (Wildman–Crippen LogP) is -3.56. The Balaban J connectivity index is 0.000000290. The molecule has 1 atom stereocenters. The van der Waals surface area contributed by atoms with Crippen LogP contribution in [0.15, 0.2) is 48.7 Å². The zero-order valence-corrected chi connectivity index (χ0v) is 47.9. The molecule has 4 N–H and O–H groups in total. The number of hydrogen-bond acceptors (Lipinski definition) is 25. The number of rotatable bonds is 32. The van der Waals surface area contributed by atoms with Gasteiger partial charge < -0.3 is 35.1 Å². The van der Waals surface area contributed by atoms with Gasteiger partial charge in [0.2, 0.25) is 23.8 Å². The number of carbonyl (C=O) groups excluding carboxylic acids is 19. The van der Waals surface area contributed by atoms with Gasteiger partial charge in [-0.25, -0.2) is 9.59 Å². The summed E-state index contributed by atoms with van der Waals surface area (Å²) in [6.07, 6.45) is 4.45. The van der Waals surface area contributed by atoms with E-state index in [9.17, 15) is 104 Å². The van der Waals surface area contributed by atoms with Crippen molar-refractivity contribution in [3.8, 4) is 0 Å². The molecule has 6 rings (SSSR count). The van der Waals surface area contributed by atoms with Crippen LogP contribution in [-0.4, -0.2) is 214 Å². The lowest BCUT2D eigenvalue weighted by atomic mass is 10.1. The maximum atomic E-state index is 11.9. The molecule has 0 bridgehead atoms. The first kappa shape index (κ1) is 70.8. The fraction of sp³-hybridized carbons (Fsp3) is 0.491. The molecule has 3 fully saturated rings. The molecule has 476 valence electrons. The van der Waals surface area contributed by atoms with E-state index in [2.05, 4.69) is 32.1 Å². The highest BCUT2D eigenvalue weighted by atomic mass is 32.2. The van der Waals surface area contributed by atoms with Crippen LogP contribution in [0.1, 0.15) is 103 Å². The Morgan fingerprint density at radius 1 is 0.511 bits per heavy atom. The largest absolute Gasteiger partial charge is 0.446 e. The average Bonchev–Trinajstić information content (AvgIpc) is 4.51. The van der Waals surface area contributed by atoms with E-state index in [-0.39, 0.29) is 159 Å². The highest BCUT2D eigenvalue weighted by Crippen LogP contribution is 2.22. The Hall–Kier alpha value is -9.64. The Morgan fingerprint density at radius 2 is 0.977 bits per heavy atom. The van der Waals surface area contributed by atoms with Crippen LogP contribution in [0.4, 0.5) is 0 Å². The van der Waals surface area contributed by atoms with Crippen molar-refractivity contribution in [3.05, 3.63) is 48.7 Å². The number of hydrogen-bond donors (Lipinski definition) is 4. The van der Waals surface area contributed by atoms with Crippen molar-refractivity contribution < 1.29 is 123 Å². The molecule has 1 unspecified atom stereocenters. The van der Waals surface area contributed by atoms with Gasteiger partial charge in [-0.05, 0) is 19.3 Å². The number of hydroxylamine groups is 4. The van der Waals surface area contributed by atoms with E-state index in [1.807, 2.05) is 0 Å². The number of nitrogens with zero attached hydrogens (tertiary/aromatic N) is 5. The van der Waals surface area contributed by atoms with E-state index in [0.717, 1.165) is 51.3 Å². The second-order valence-electron chi connectivity index (χ2n) is 19.4. The standard InChI is InChI=1S/C24H30N4O9.C16H19N3O8.C13H13NO9S/c1-16-7-10-23(35)28(16)37-24(36)6-2-4-17(29)14-26-20(32)9-8-18(30)15-25-19(31)5-3-13-27-21(33)11-12-22(27)34;20-11(5-8-18-12(21)1-2-13(18)22)17-7-10-26-9-6-16(25)27-19-14(23)3-4-15(19)24;15-8-1-2-9(16)13(8)23-12(19)5-7(24(20,21)22)6-14-10(17)3-4-11(14)18/h11-12H,1-10,13-15H2,(H,25,31)(H,26,32);1-2H,3-10H2,(H,17,20);3-4,7,13H,1-2,5-6H2,(H,20,21,22). The normalized spacial score (nSPS) is 16.8. The van der Waals surface area contributed by atoms with Gasteiger partial charge in [-0.1, -0.05) is 6.58 Å². The highest BCUT2D eigenvalue weighted by molar-refractivity contribution is 7.86. The number of Topliss-reactive ketones (excluding diaryl/α,β-unsaturated/α-hetero) is 4. The van der Waals surface area contributed by atoms with Crippen LogP contribution in [0.5, 0.6) is 0 Å². The number of carbonyl (C=O) groups is 19. The lowest BCUT2D eigenvalue weighted by Crippen LogP contribution is -2.42. The molecule has 5 aliphatic heterocycles. The number of ketones is 4. The average molecular weight is 1260 g/mol. The van der Waals surface area contributed by atoms with Gasteiger partial charge in [-0.2, -0.15) is 8.42 Å². The molecule has 0 aromatic carbocycles. The number of nitrogens with one attached hydrogen (secondary N) is 3. The zero-order valence-electron chi connectivity index (χ0n) is 47.1. The molecule has 34 nitrogen and oxygen atoms in total. The smallest absolute Gasteiger partial charge is 0.335 e. The number of amides is 12. The fourth-order valence-electron chi connectivity index (χ4n) is 7.92. The zero-order chi connectivity index (χ0) is 65.3. The Labute approximate surface area is 499 Å². The summed E-state index contributed by atoms with van der Waals surface area (Å²) in [5.74, 6) is -10.5. The van der Waals surface area contributed by atoms with Gasteiger partial charge in [0.1, 0.15) is 5.25 Å². The summed E-state index contributed by atoms with van der Waals surface area (Å²) in [6.45, 7) is 2.76. The van der Waals surface area contributed by atoms with Crippen molar-refractivity contribution in [1.29, 1.82) is 0 Å². The second kappa shape index (κ2) is 34.5. The number of esters is 1. The van der Waals surface area contributed by atoms with Crippen LogP contribution >= 0.6 is 0 Å². The first-order chi connectivity index (χ1) is 41.5. The van der Waals surface area contributed by atoms with E-state index < -0.39 is 123 Å². The maximum Gasteiger partial charge on any atom is 0.335 e. The van der Waals surface area contributed by atoms with Crippen molar-refractivity contribution in [2.45, 2.75) is 114 Å². The number of allylic oxidation sites excluding steroid dienone is 1. The van der Waals surface area contributed by atoms with Crippen LogP contribution < -0.4 is 16.0 Å². The second-order valence-corrected chi connectivity index (χ2v) is 21.1. The number of ether oxygens (including phenoxy) is 2. The molecular weight excluding hydrogens is 1200 g/mol. The van der Waals surface area contributed by atoms with E-state index in [0.29, 0.717) is 22.1 Å². The molecule has 1 aliphatic carbocycles. The van der Waals surface area contributed by atoms with Crippen LogP contribution in [0, 0.1) is 0 Å². The molecule has 6 aliphatic rings. The molecule has 2 saturated heterocycles. The van der Waals surface area contributed by atoms with Crippen LogP contribution in [0.25, 0.3) is 0 Å². The molecule has 1 saturated carbocycles. The fourth-order valence-corrected chi connectivity index (χ4v) is 8.60. The van der Waals surface area contributed by atoms with E-state index >= 15 is 0 Å². The number of imide groups is 4. The van der Waals surface area contributed by atoms with Crippen LogP contribution in [0.3, 0.4) is 0 Å². The van der Waals surface area contributed by atoms with Gasteiger partial charge in [-0.3, -0.25) is 101 Å². The quantitative estimate of drug-likeness (QED) is 0.0166. The predicted molar refractivity (Wildman–Crippen MR) is 287 cm³/mol. The summed E-state index contributed by atoms with van der Waals surface area (Å²) in [7, 11) is -4.80. The minimum Gasteiger partial charge on any atom is -0.446 e. The molecule has 0 aromatic heterocycles. The minimum absolute atomic E-state index is 0.00284. The SMILES string of the molecule is C=C1CCC(=O)N1OC(=O)CCCC(=O)CNC(=O)CCC(=O)CNC(=O)CCCN1C(=O)C=CC1=O.O=C(CC(CN1C(=O)C=CC1=O)S(=O)(=O)O)OC1C(=O)CCC1=O.O=C(CCN1C(=O)C=CC1=O)NCCOCCC(=O)ON1C(=O)CCC1=O. The van der Waals surface area contributed by atoms with Crippen LogP contribution in [0.2, 0.25) is 0 Å². The van der Waals surface area contributed by atoms with E-state index in [4.69, 9.17) is 9.57 Å². The molecule has 12 amide bonds. The van der Waals surface area contributed by atoms with Crippen molar-refractivity contribution in [1.82, 2.24) is 40.8 Å². The molecule has 0 aromatic rings. The van der Waals surface area contributed by atoms with Crippen molar-refractivity contribution in [3.63, 3.8) is 0 Å². The lowest BCUT2D eigenvalue weighted by molar-refractivity contribution is -0.198. The highest BCUT2D eigenvalue weighted by Gasteiger charge is 2.40. The van der Waals surface area contributed by atoms with Gasteiger partial charge in [0.05, 0.1) is 44.8 Å². The van der Waals surface area contributed by atoms with Crippen LogP contribution in [-0.2, 0) is 120 Å². The molecule has 0 radical (unpaired) electrons. The summed E-state index contributed by atoms with van der Waals surface area (Å²) < 4.78 is 41.8. The Kier molecular flexibility index (Phi) is 27.8. The van der Waals surface area contributed by atoms with E-state index in [1.54, 1.807) is 0 Å². The molecule has 0 spiro atoms. The molecule has 35 heteroatoms. The van der Waals surface area contributed by atoms with Crippen molar-refractivity contribution in [2.75, 3.05) is 52.5 Å². The van der Waals surface area contributed by atoms with Gasteiger partial charge in [0, 0.05) is 133 Å². The van der Waals surface area contributed by atoms with Crippen molar-refractivity contribution >= 4 is 122 Å². The lowest BCUT2D eigenvalue weighted by Gasteiger charge is -2.20. The molecule has 5 heterocycles.